The summed E-state index contributed by atoms with van der Waals surface area (Å²) in [6.45, 7) is 0.875. The molecule has 0 aliphatic carbocycles. The smallest absolute Gasteiger partial charge is 0.331 e. The van der Waals surface area contributed by atoms with E-state index < -0.39 is 23.4 Å². The molecule has 0 aromatic heterocycles. The highest BCUT2D eigenvalue weighted by Crippen LogP contribution is 2.24. The molecule has 0 saturated carbocycles. The van der Waals surface area contributed by atoms with Crippen LogP contribution in [0.4, 0.5) is 4.79 Å². The second-order valence-electron chi connectivity index (χ2n) is 3.84. The van der Waals surface area contributed by atoms with Crippen molar-refractivity contribution in [1.82, 2.24) is 10.2 Å². The fourth-order valence-corrected chi connectivity index (χ4v) is 1.80. The predicted octanol–water partition coefficient (Wildman–Crippen LogP) is -1.13. The van der Waals surface area contributed by atoms with E-state index in [1.54, 1.807) is 0 Å². The van der Waals surface area contributed by atoms with E-state index in [1.165, 1.54) is 7.11 Å². The molecule has 7 heteroatoms. The van der Waals surface area contributed by atoms with E-state index in [0.717, 1.165) is 4.90 Å². The zero-order valence-corrected chi connectivity index (χ0v) is 8.82. The molecule has 0 aromatic carbocycles. The van der Waals surface area contributed by atoms with Crippen LogP contribution < -0.4 is 5.32 Å². The summed E-state index contributed by atoms with van der Waals surface area (Å²) in [5, 5.41) is 1.93. The third-order valence-corrected chi connectivity index (χ3v) is 2.85. The first-order valence-electron chi connectivity index (χ1n) is 4.88. The van der Waals surface area contributed by atoms with Gasteiger partial charge in [-0.2, -0.15) is 0 Å². The molecule has 1 N–H and O–H groups in total. The molecule has 16 heavy (non-hydrogen) atoms. The van der Waals surface area contributed by atoms with Gasteiger partial charge in [0.2, 0.25) is 0 Å². The van der Waals surface area contributed by atoms with Crippen molar-refractivity contribution >= 4 is 17.8 Å². The first-order chi connectivity index (χ1) is 7.58. The number of amides is 4. The Morgan fingerprint density at radius 1 is 1.50 bits per heavy atom. The van der Waals surface area contributed by atoms with Gasteiger partial charge in [0.1, 0.15) is 5.60 Å². The van der Waals surface area contributed by atoms with Crippen LogP contribution in [0, 0.1) is 0 Å². The largest absolute Gasteiger partial charge is 0.378 e. The Kier molecular flexibility index (Phi) is 2.64. The lowest BCUT2D eigenvalue weighted by atomic mass is 10.0. The Morgan fingerprint density at radius 3 is 2.69 bits per heavy atom. The first-order valence-corrected chi connectivity index (χ1v) is 4.88. The van der Waals surface area contributed by atoms with Gasteiger partial charge in [-0.05, 0) is 0 Å². The van der Waals surface area contributed by atoms with Gasteiger partial charge in [-0.3, -0.25) is 19.8 Å². The van der Waals surface area contributed by atoms with E-state index in [0.29, 0.717) is 19.6 Å². The van der Waals surface area contributed by atoms with Gasteiger partial charge < -0.3 is 9.47 Å². The average Bonchev–Trinajstić information content (AvgIpc) is 2.81. The average molecular weight is 228 g/mol. The van der Waals surface area contributed by atoms with Crippen molar-refractivity contribution < 1.29 is 23.9 Å². The third kappa shape index (κ3) is 1.68. The molecule has 2 heterocycles. The molecule has 1 unspecified atom stereocenters. The van der Waals surface area contributed by atoms with Crippen molar-refractivity contribution in [2.24, 2.45) is 0 Å². The first kappa shape index (κ1) is 11.0. The normalized spacial score (nSPS) is 30.1. The minimum absolute atomic E-state index is 0.0416. The number of imide groups is 2. The highest BCUT2D eigenvalue weighted by Gasteiger charge is 2.45. The molecular formula is C9H12N2O5. The van der Waals surface area contributed by atoms with Gasteiger partial charge in [0.25, 0.3) is 0 Å². The molecule has 88 valence electrons. The van der Waals surface area contributed by atoms with Gasteiger partial charge in [0.05, 0.1) is 13.2 Å². The number of nitrogens with one attached hydrogen (secondary N) is 1. The zero-order chi connectivity index (χ0) is 11.8. The SMILES string of the molecule is COC1(CN2C(=O)NC(=O)C2=O)CCOC1. The van der Waals surface area contributed by atoms with Crippen molar-refractivity contribution in [1.29, 1.82) is 0 Å². The Hall–Kier alpha value is -1.47. The fraction of sp³-hybridized carbons (Fsp3) is 0.667. The van der Waals surface area contributed by atoms with E-state index in [-0.39, 0.29) is 6.54 Å². The van der Waals surface area contributed by atoms with Crippen molar-refractivity contribution in [3.63, 3.8) is 0 Å². The summed E-state index contributed by atoms with van der Waals surface area (Å²) in [5.74, 6) is -1.73. The highest BCUT2D eigenvalue weighted by atomic mass is 16.5. The van der Waals surface area contributed by atoms with Crippen molar-refractivity contribution in [2.75, 3.05) is 26.9 Å². The monoisotopic (exact) mass is 228 g/mol. The van der Waals surface area contributed by atoms with Gasteiger partial charge >= 0.3 is 17.8 Å². The molecule has 0 aromatic rings. The lowest BCUT2D eigenvalue weighted by molar-refractivity contribution is -0.142. The van der Waals surface area contributed by atoms with Gasteiger partial charge in [-0.25, -0.2) is 4.79 Å². The molecule has 0 bridgehead atoms. The van der Waals surface area contributed by atoms with Crippen LogP contribution in [-0.4, -0.2) is 55.2 Å². The second-order valence-corrected chi connectivity index (χ2v) is 3.84. The van der Waals surface area contributed by atoms with E-state index in [2.05, 4.69) is 0 Å². The van der Waals surface area contributed by atoms with Crippen molar-refractivity contribution in [3.05, 3.63) is 0 Å². The minimum atomic E-state index is -0.893. The number of hydrogen-bond acceptors (Lipinski definition) is 5. The molecule has 0 spiro atoms. The maximum Gasteiger partial charge on any atom is 0.331 e. The number of hydrogen-bond donors (Lipinski definition) is 1. The summed E-state index contributed by atoms with van der Waals surface area (Å²) >= 11 is 0. The van der Waals surface area contributed by atoms with Crippen LogP contribution in [0.25, 0.3) is 0 Å². The highest BCUT2D eigenvalue weighted by molar-refractivity contribution is 6.44. The summed E-state index contributed by atoms with van der Waals surface area (Å²) < 4.78 is 10.5. The van der Waals surface area contributed by atoms with Crippen LogP contribution in [0.3, 0.4) is 0 Å². The molecule has 2 saturated heterocycles. The van der Waals surface area contributed by atoms with Crippen LogP contribution >= 0.6 is 0 Å². The number of methoxy groups -OCH3 is 1. The second kappa shape index (κ2) is 3.84. The van der Waals surface area contributed by atoms with Gasteiger partial charge in [-0.15, -0.1) is 0 Å². The Labute approximate surface area is 91.7 Å². The zero-order valence-electron chi connectivity index (χ0n) is 8.82. The van der Waals surface area contributed by atoms with E-state index in [9.17, 15) is 14.4 Å². The van der Waals surface area contributed by atoms with Gasteiger partial charge in [0, 0.05) is 20.1 Å². The molecule has 2 aliphatic heterocycles. The Bertz CT molecular complexity index is 348. The van der Waals surface area contributed by atoms with Crippen LogP contribution in [-0.2, 0) is 19.1 Å². The van der Waals surface area contributed by atoms with E-state index >= 15 is 0 Å². The number of carbonyl (C=O) groups excluding carboxylic acids is 3. The Balaban J connectivity index is 2.11. The van der Waals surface area contributed by atoms with E-state index in [1.807, 2.05) is 5.32 Å². The molecule has 4 amide bonds. The predicted molar refractivity (Wildman–Crippen MR) is 50.4 cm³/mol. The van der Waals surface area contributed by atoms with Crippen LogP contribution in [0.15, 0.2) is 0 Å². The molecule has 2 rings (SSSR count). The topological polar surface area (TPSA) is 84.9 Å². The quantitative estimate of drug-likeness (QED) is 0.488. The number of carbonyl (C=O) groups is 3. The van der Waals surface area contributed by atoms with Gasteiger partial charge in [-0.1, -0.05) is 0 Å². The van der Waals surface area contributed by atoms with Crippen molar-refractivity contribution in [3.8, 4) is 0 Å². The van der Waals surface area contributed by atoms with Crippen molar-refractivity contribution in [2.45, 2.75) is 12.0 Å². The standard InChI is InChI=1S/C9H12N2O5/c1-15-9(2-3-16-5-9)4-11-7(13)6(12)10-8(11)14/h2-5H2,1H3,(H,10,12,14). The number of urea groups is 1. The lowest BCUT2D eigenvalue weighted by Crippen LogP contribution is -2.47. The summed E-state index contributed by atoms with van der Waals surface area (Å²) in [6.07, 6.45) is 0.592. The van der Waals surface area contributed by atoms with Gasteiger partial charge in [0.15, 0.2) is 0 Å². The summed E-state index contributed by atoms with van der Waals surface area (Å²) in [4.78, 5) is 34.5. The maximum absolute atomic E-state index is 11.4. The minimum Gasteiger partial charge on any atom is -0.378 e. The van der Waals surface area contributed by atoms with Crippen LogP contribution in [0.1, 0.15) is 6.42 Å². The molecule has 1 atom stereocenters. The summed E-state index contributed by atoms with van der Waals surface area (Å²) in [7, 11) is 1.49. The number of rotatable bonds is 3. The maximum atomic E-state index is 11.4. The third-order valence-electron chi connectivity index (χ3n) is 2.85. The van der Waals surface area contributed by atoms with Crippen LogP contribution in [0.5, 0.6) is 0 Å². The fourth-order valence-electron chi connectivity index (χ4n) is 1.80. The molecule has 7 nitrogen and oxygen atoms in total. The molecule has 2 fully saturated rings. The molecule has 0 radical (unpaired) electrons. The van der Waals surface area contributed by atoms with E-state index in [4.69, 9.17) is 9.47 Å². The lowest BCUT2D eigenvalue weighted by Gasteiger charge is -2.28. The number of ether oxygens (including phenoxy) is 2. The summed E-state index contributed by atoms with van der Waals surface area (Å²) in [6, 6.07) is -0.696. The molecular weight excluding hydrogens is 216 g/mol. The summed E-state index contributed by atoms with van der Waals surface area (Å²) in [5.41, 5.74) is -0.683. The van der Waals surface area contributed by atoms with Crippen LogP contribution in [0.2, 0.25) is 0 Å². The number of nitrogens with zero attached hydrogens (tertiary/aromatic N) is 1. The molecule has 2 aliphatic rings. The Morgan fingerprint density at radius 2 is 2.25 bits per heavy atom.